The Morgan fingerprint density at radius 3 is 2.23 bits per heavy atom. The van der Waals surface area contributed by atoms with Gasteiger partial charge in [0.25, 0.3) is 0 Å². The summed E-state index contributed by atoms with van der Waals surface area (Å²) in [6.07, 6.45) is 0. The molecule has 0 bridgehead atoms. The van der Waals surface area contributed by atoms with Gasteiger partial charge in [0.2, 0.25) is 5.95 Å². The van der Waals surface area contributed by atoms with Gasteiger partial charge in [-0.1, -0.05) is 45.0 Å². The zero-order chi connectivity index (χ0) is 16.3. The SMILES string of the molecule is CC(=NNc1nc(C)cc(C)n1)c1ccccc1C(C)(C)C. The predicted octanol–water partition coefficient (Wildman–Crippen LogP) is 4.23. The number of benzene rings is 1. The number of aromatic nitrogens is 2. The van der Waals surface area contributed by atoms with Crippen LogP contribution < -0.4 is 5.43 Å². The molecule has 4 nitrogen and oxygen atoms in total. The molecule has 0 aliphatic carbocycles. The Kier molecular flexibility index (Phi) is 4.59. The average Bonchev–Trinajstić information content (AvgIpc) is 2.43. The maximum atomic E-state index is 4.46. The first-order valence-corrected chi connectivity index (χ1v) is 7.50. The molecular formula is C18H24N4. The van der Waals surface area contributed by atoms with Crippen LogP contribution in [0.25, 0.3) is 0 Å². The van der Waals surface area contributed by atoms with Crippen molar-refractivity contribution < 1.29 is 0 Å². The molecule has 0 saturated heterocycles. The summed E-state index contributed by atoms with van der Waals surface area (Å²) in [5, 5.41) is 4.46. The first kappa shape index (κ1) is 16.1. The molecule has 0 atom stereocenters. The summed E-state index contributed by atoms with van der Waals surface area (Å²) >= 11 is 0. The molecule has 2 rings (SSSR count). The van der Waals surface area contributed by atoms with Gasteiger partial charge in [0.15, 0.2) is 0 Å². The van der Waals surface area contributed by atoms with E-state index in [9.17, 15) is 0 Å². The maximum Gasteiger partial charge on any atom is 0.243 e. The molecule has 116 valence electrons. The van der Waals surface area contributed by atoms with Gasteiger partial charge in [-0.25, -0.2) is 15.4 Å². The van der Waals surface area contributed by atoms with E-state index in [2.05, 4.69) is 59.5 Å². The standard InChI is InChI=1S/C18H24N4/c1-12-11-13(2)20-17(19-12)22-21-14(3)15-9-7-8-10-16(15)18(4,5)6/h7-11H,1-6H3,(H,19,20,22). The maximum absolute atomic E-state index is 4.46. The average molecular weight is 296 g/mol. The topological polar surface area (TPSA) is 50.2 Å². The van der Waals surface area contributed by atoms with Crippen molar-refractivity contribution in [3.63, 3.8) is 0 Å². The lowest BCUT2D eigenvalue weighted by Crippen LogP contribution is -2.16. The third-order valence-electron chi connectivity index (χ3n) is 3.43. The largest absolute Gasteiger partial charge is 0.245 e. The van der Waals surface area contributed by atoms with Gasteiger partial charge in [-0.3, -0.25) is 0 Å². The first-order chi connectivity index (χ1) is 10.3. The number of aryl methyl sites for hydroxylation is 2. The Bertz CT molecular complexity index is 676. The van der Waals surface area contributed by atoms with Gasteiger partial charge in [-0.15, -0.1) is 0 Å². The normalized spacial score (nSPS) is 12.4. The fraction of sp³-hybridized carbons (Fsp3) is 0.389. The third-order valence-corrected chi connectivity index (χ3v) is 3.43. The van der Waals surface area contributed by atoms with E-state index in [1.165, 1.54) is 5.56 Å². The lowest BCUT2D eigenvalue weighted by molar-refractivity contribution is 0.589. The van der Waals surface area contributed by atoms with Crippen LogP contribution in [0.2, 0.25) is 0 Å². The van der Waals surface area contributed by atoms with Gasteiger partial charge < -0.3 is 0 Å². The number of rotatable bonds is 3. The third kappa shape index (κ3) is 3.91. The molecule has 2 aromatic rings. The van der Waals surface area contributed by atoms with E-state index >= 15 is 0 Å². The van der Waals surface area contributed by atoms with E-state index in [1.54, 1.807) is 0 Å². The molecule has 0 spiro atoms. The predicted molar refractivity (Wildman–Crippen MR) is 92.5 cm³/mol. The van der Waals surface area contributed by atoms with Crippen LogP contribution in [0.15, 0.2) is 35.4 Å². The Balaban J connectivity index is 2.30. The van der Waals surface area contributed by atoms with Crippen molar-refractivity contribution in [2.75, 3.05) is 5.43 Å². The lowest BCUT2D eigenvalue weighted by Gasteiger charge is -2.22. The molecule has 1 heterocycles. The fourth-order valence-corrected chi connectivity index (χ4v) is 2.42. The number of hydrogen-bond donors (Lipinski definition) is 1. The van der Waals surface area contributed by atoms with Crippen LogP contribution in [-0.2, 0) is 5.41 Å². The Hall–Kier alpha value is -2.23. The van der Waals surface area contributed by atoms with Crippen molar-refractivity contribution in [2.45, 2.75) is 47.0 Å². The molecule has 0 radical (unpaired) electrons. The second kappa shape index (κ2) is 6.26. The van der Waals surface area contributed by atoms with E-state index < -0.39 is 0 Å². The zero-order valence-corrected chi connectivity index (χ0v) is 14.2. The zero-order valence-electron chi connectivity index (χ0n) is 14.2. The molecule has 0 fully saturated rings. The summed E-state index contributed by atoms with van der Waals surface area (Å²) in [4.78, 5) is 8.68. The van der Waals surface area contributed by atoms with Crippen molar-refractivity contribution >= 4 is 11.7 Å². The quantitative estimate of drug-likeness (QED) is 0.681. The van der Waals surface area contributed by atoms with Crippen molar-refractivity contribution in [3.8, 4) is 0 Å². The Morgan fingerprint density at radius 1 is 1.05 bits per heavy atom. The molecule has 0 unspecified atom stereocenters. The molecular weight excluding hydrogens is 272 g/mol. The first-order valence-electron chi connectivity index (χ1n) is 7.50. The minimum Gasteiger partial charge on any atom is -0.245 e. The van der Waals surface area contributed by atoms with Crippen molar-refractivity contribution in [3.05, 3.63) is 52.8 Å². The number of nitrogens with one attached hydrogen (secondary N) is 1. The van der Waals surface area contributed by atoms with Crippen LogP contribution in [0.4, 0.5) is 5.95 Å². The Morgan fingerprint density at radius 2 is 1.64 bits per heavy atom. The summed E-state index contributed by atoms with van der Waals surface area (Å²) in [7, 11) is 0. The molecule has 1 N–H and O–H groups in total. The van der Waals surface area contributed by atoms with Crippen LogP contribution >= 0.6 is 0 Å². The summed E-state index contributed by atoms with van der Waals surface area (Å²) in [5.74, 6) is 0.532. The van der Waals surface area contributed by atoms with Gasteiger partial charge in [0.1, 0.15) is 0 Å². The minimum absolute atomic E-state index is 0.0732. The smallest absolute Gasteiger partial charge is 0.243 e. The molecule has 0 saturated carbocycles. The van der Waals surface area contributed by atoms with E-state index in [-0.39, 0.29) is 5.41 Å². The van der Waals surface area contributed by atoms with E-state index in [0.29, 0.717) is 5.95 Å². The summed E-state index contributed by atoms with van der Waals surface area (Å²) in [5.41, 5.74) is 8.25. The summed E-state index contributed by atoms with van der Waals surface area (Å²) in [6, 6.07) is 10.3. The monoisotopic (exact) mass is 296 g/mol. The van der Waals surface area contributed by atoms with E-state index in [4.69, 9.17) is 0 Å². The molecule has 1 aromatic carbocycles. The number of anilines is 1. The lowest BCUT2D eigenvalue weighted by atomic mass is 9.83. The number of hydrazone groups is 1. The van der Waals surface area contributed by atoms with Crippen LogP contribution in [0.1, 0.15) is 50.2 Å². The minimum atomic E-state index is 0.0732. The van der Waals surface area contributed by atoms with Gasteiger partial charge in [0, 0.05) is 17.0 Å². The second-order valence-corrected chi connectivity index (χ2v) is 6.58. The number of hydrogen-bond acceptors (Lipinski definition) is 4. The molecule has 1 aromatic heterocycles. The van der Waals surface area contributed by atoms with Crippen LogP contribution in [0.3, 0.4) is 0 Å². The second-order valence-electron chi connectivity index (χ2n) is 6.58. The molecule has 4 heteroatoms. The van der Waals surface area contributed by atoms with Crippen molar-refractivity contribution in [2.24, 2.45) is 5.10 Å². The fourth-order valence-electron chi connectivity index (χ4n) is 2.42. The van der Waals surface area contributed by atoms with Crippen LogP contribution in [0, 0.1) is 13.8 Å². The van der Waals surface area contributed by atoms with Gasteiger partial charge in [-0.2, -0.15) is 5.10 Å². The molecule has 0 aliphatic heterocycles. The van der Waals surface area contributed by atoms with Crippen molar-refractivity contribution in [1.29, 1.82) is 0 Å². The summed E-state index contributed by atoms with van der Waals surface area (Å²) < 4.78 is 0. The Labute approximate surface area is 132 Å². The van der Waals surface area contributed by atoms with E-state index in [1.807, 2.05) is 32.9 Å². The highest BCUT2D eigenvalue weighted by molar-refractivity contribution is 6.00. The highest BCUT2D eigenvalue weighted by Gasteiger charge is 2.18. The van der Waals surface area contributed by atoms with Crippen molar-refractivity contribution in [1.82, 2.24) is 9.97 Å². The van der Waals surface area contributed by atoms with Gasteiger partial charge in [0.05, 0.1) is 5.71 Å². The highest BCUT2D eigenvalue weighted by Crippen LogP contribution is 2.26. The molecule has 0 amide bonds. The van der Waals surface area contributed by atoms with Crippen LogP contribution in [0.5, 0.6) is 0 Å². The number of nitrogens with zero attached hydrogens (tertiary/aromatic N) is 3. The molecule has 0 aliphatic rings. The highest BCUT2D eigenvalue weighted by atomic mass is 15.4. The van der Waals surface area contributed by atoms with Crippen LogP contribution in [-0.4, -0.2) is 15.7 Å². The summed E-state index contributed by atoms with van der Waals surface area (Å²) in [6.45, 7) is 12.5. The van der Waals surface area contributed by atoms with Gasteiger partial charge >= 0.3 is 0 Å². The van der Waals surface area contributed by atoms with Gasteiger partial charge in [-0.05, 0) is 37.8 Å². The van der Waals surface area contributed by atoms with E-state index in [0.717, 1.165) is 22.7 Å². The molecule has 22 heavy (non-hydrogen) atoms.